The van der Waals surface area contributed by atoms with Gasteiger partial charge in [0.2, 0.25) is 5.91 Å². The molecule has 0 aromatic heterocycles. The number of carbonyl (C=O) groups is 1. The first-order valence-electron chi connectivity index (χ1n) is 8.92. The second kappa shape index (κ2) is 7.19. The van der Waals surface area contributed by atoms with Gasteiger partial charge in [-0.15, -0.1) is 0 Å². The number of ether oxygens (including phenoxy) is 3. The largest absolute Gasteiger partial charge is 0.497 e. The van der Waals surface area contributed by atoms with Gasteiger partial charge in [0.05, 0.1) is 13.0 Å². The molecule has 0 radical (unpaired) electrons. The van der Waals surface area contributed by atoms with E-state index in [4.69, 9.17) is 14.2 Å². The second-order valence-electron chi connectivity index (χ2n) is 6.54. The van der Waals surface area contributed by atoms with E-state index < -0.39 is 0 Å². The Labute approximate surface area is 157 Å². The van der Waals surface area contributed by atoms with Crippen molar-refractivity contribution in [1.29, 1.82) is 0 Å². The van der Waals surface area contributed by atoms with Gasteiger partial charge in [0.15, 0.2) is 11.5 Å². The van der Waals surface area contributed by atoms with E-state index in [1.165, 1.54) is 0 Å². The van der Waals surface area contributed by atoms with Gasteiger partial charge in [-0.3, -0.25) is 4.79 Å². The van der Waals surface area contributed by atoms with Crippen LogP contribution in [0.4, 0.5) is 5.69 Å². The first-order valence-corrected chi connectivity index (χ1v) is 8.92. The van der Waals surface area contributed by atoms with Crippen molar-refractivity contribution >= 4 is 22.4 Å². The van der Waals surface area contributed by atoms with E-state index in [0.29, 0.717) is 30.4 Å². The minimum atomic E-state index is -0.287. The Balaban J connectivity index is 1.52. The van der Waals surface area contributed by atoms with E-state index in [9.17, 15) is 4.79 Å². The highest BCUT2D eigenvalue weighted by Crippen LogP contribution is 2.33. The van der Waals surface area contributed by atoms with Gasteiger partial charge in [-0.05, 0) is 47.5 Å². The van der Waals surface area contributed by atoms with Crippen LogP contribution in [0.15, 0.2) is 54.6 Å². The van der Waals surface area contributed by atoms with Gasteiger partial charge in [0.25, 0.3) is 0 Å². The van der Waals surface area contributed by atoms with Crippen molar-refractivity contribution in [3.8, 4) is 17.2 Å². The molecule has 1 atom stereocenters. The molecule has 0 saturated heterocycles. The number of hydrogen-bond donors (Lipinski definition) is 1. The molecule has 0 unspecified atom stereocenters. The molecular formula is C22H21NO4. The molecule has 1 aliphatic rings. The van der Waals surface area contributed by atoms with Crippen molar-refractivity contribution in [3.05, 3.63) is 60.2 Å². The van der Waals surface area contributed by atoms with Crippen molar-refractivity contribution < 1.29 is 19.0 Å². The van der Waals surface area contributed by atoms with Crippen LogP contribution in [0.3, 0.4) is 0 Å². The summed E-state index contributed by atoms with van der Waals surface area (Å²) >= 11 is 0. The Morgan fingerprint density at radius 1 is 0.963 bits per heavy atom. The van der Waals surface area contributed by atoms with Crippen LogP contribution in [-0.4, -0.2) is 26.2 Å². The standard InChI is InChI=1S/C22H21NO4/c1-14(15-3-4-17-12-19(25-2)7-5-16(17)11-15)22(24)23-18-6-8-20-21(13-18)27-10-9-26-20/h3-8,11-14H,9-10H2,1-2H3,(H,23,24)/t14-/m0/s1. The molecule has 1 heterocycles. The quantitative estimate of drug-likeness (QED) is 0.748. The van der Waals surface area contributed by atoms with Crippen LogP contribution in [0.5, 0.6) is 17.2 Å². The molecule has 1 aliphatic heterocycles. The fraction of sp³-hybridized carbons (Fsp3) is 0.227. The lowest BCUT2D eigenvalue weighted by molar-refractivity contribution is -0.117. The zero-order valence-electron chi connectivity index (χ0n) is 15.3. The average Bonchev–Trinajstić information content (AvgIpc) is 2.72. The molecule has 27 heavy (non-hydrogen) atoms. The highest BCUT2D eigenvalue weighted by atomic mass is 16.6. The minimum absolute atomic E-state index is 0.0699. The third-order valence-corrected chi connectivity index (χ3v) is 4.77. The highest BCUT2D eigenvalue weighted by Gasteiger charge is 2.18. The van der Waals surface area contributed by atoms with Crippen LogP contribution >= 0.6 is 0 Å². The van der Waals surface area contributed by atoms with E-state index in [-0.39, 0.29) is 11.8 Å². The predicted octanol–water partition coefficient (Wildman–Crippen LogP) is 4.36. The van der Waals surface area contributed by atoms with Crippen LogP contribution in [-0.2, 0) is 4.79 Å². The number of rotatable bonds is 4. The molecule has 0 bridgehead atoms. The fourth-order valence-electron chi connectivity index (χ4n) is 3.16. The number of amides is 1. The summed E-state index contributed by atoms with van der Waals surface area (Å²) in [5, 5.41) is 5.12. The maximum Gasteiger partial charge on any atom is 0.231 e. The zero-order chi connectivity index (χ0) is 18.8. The van der Waals surface area contributed by atoms with Crippen LogP contribution in [0.1, 0.15) is 18.4 Å². The fourth-order valence-corrected chi connectivity index (χ4v) is 3.16. The van der Waals surface area contributed by atoms with Crippen molar-refractivity contribution in [2.45, 2.75) is 12.8 Å². The van der Waals surface area contributed by atoms with E-state index in [0.717, 1.165) is 22.1 Å². The molecule has 0 fully saturated rings. The number of anilines is 1. The first kappa shape index (κ1) is 17.2. The highest BCUT2D eigenvalue weighted by molar-refractivity contribution is 5.96. The van der Waals surface area contributed by atoms with Gasteiger partial charge in [-0.25, -0.2) is 0 Å². The topological polar surface area (TPSA) is 56.8 Å². The molecule has 0 spiro atoms. The number of nitrogens with one attached hydrogen (secondary N) is 1. The van der Waals surface area contributed by atoms with Crippen LogP contribution in [0, 0.1) is 0 Å². The second-order valence-corrected chi connectivity index (χ2v) is 6.54. The van der Waals surface area contributed by atoms with E-state index >= 15 is 0 Å². The van der Waals surface area contributed by atoms with Crippen molar-refractivity contribution in [2.24, 2.45) is 0 Å². The van der Waals surface area contributed by atoms with Crippen LogP contribution in [0.2, 0.25) is 0 Å². The Bertz CT molecular complexity index is 999. The monoisotopic (exact) mass is 363 g/mol. The van der Waals surface area contributed by atoms with Gasteiger partial charge < -0.3 is 19.5 Å². The van der Waals surface area contributed by atoms with Crippen LogP contribution < -0.4 is 19.5 Å². The number of hydrogen-bond acceptors (Lipinski definition) is 4. The lowest BCUT2D eigenvalue weighted by Gasteiger charge is -2.19. The molecule has 1 N–H and O–H groups in total. The van der Waals surface area contributed by atoms with E-state index in [1.54, 1.807) is 13.2 Å². The zero-order valence-corrected chi connectivity index (χ0v) is 15.3. The molecule has 5 heteroatoms. The number of carbonyl (C=O) groups excluding carboxylic acids is 1. The molecule has 1 amide bonds. The summed E-state index contributed by atoms with van der Waals surface area (Å²) in [4.78, 5) is 12.7. The summed E-state index contributed by atoms with van der Waals surface area (Å²) < 4.78 is 16.3. The van der Waals surface area contributed by atoms with Gasteiger partial charge in [0.1, 0.15) is 19.0 Å². The van der Waals surface area contributed by atoms with Crippen molar-refractivity contribution in [1.82, 2.24) is 0 Å². The smallest absolute Gasteiger partial charge is 0.231 e. The molecule has 4 rings (SSSR count). The van der Waals surface area contributed by atoms with E-state index in [1.807, 2.05) is 55.5 Å². The van der Waals surface area contributed by atoms with Crippen molar-refractivity contribution in [2.75, 3.05) is 25.6 Å². The summed E-state index contributed by atoms with van der Waals surface area (Å²) in [5.74, 6) is 1.83. The van der Waals surface area contributed by atoms with Gasteiger partial charge >= 0.3 is 0 Å². The van der Waals surface area contributed by atoms with Gasteiger partial charge in [0, 0.05) is 11.8 Å². The predicted molar refractivity (Wildman–Crippen MR) is 105 cm³/mol. The maximum atomic E-state index is 12.7. The summed E-state index contributed by atoms with van der Waals surface area (Å²) in [6.07, 6.45) is 0. The summed E-state index contributed by atoms with van der Waals surface area (Å²) in [7, 11) is 1.65. The molecule has 3 aromatic carbocycles. The lowest BCUT2D eigenvalue weighted by atomic mass is 9.97. The number of fused-ring (bicyclic) bond motifs is 2. The summed E-state index contributed by atoms with van der Waals surface area (Å²) in [6.45, 7) is 2.96. The minimum Gasteiger partial charge on any atom is -0.497 e. The molecule has 0 aliphatic carbocycles. The van der Waals surface area contributed by atoms with Gasteiger partial charge in [-0.1, -0.05) is 24.3 Å². The molecule has 138 valence electrons. The number of benzene rings is 3. The normalized spacial score (nSPS) is 13.9. The Kier molecular flexibility index (Phi) is 4.59. The number of methoxy groups -OCH3 is 1. The summed E-state index contributed by atoms with van der Waals surface area (Å²) in [6, 6.07) is 17.4. The average molecular weight is 363 g/mol. The molecule has 5 nitrogen and oxygen atoms in total. The third-order valence-electron chi connectivity index (χ3n) is 4.77. The molecular weight excluding hydrogens is 342 g/mol. The third kappa shape index (κ3) is 3.53. The Morgan fingerprint density at radius 3 is 2.52 bits per heavy atom. The van der Waals surface area contributed by atoms with E-state index in [2.05, 4.69) is 5.32 Å². The molecule has 3 aromatic rings. The van der Waals surface area contributed by atoms with Crippen molar-refractivity contribution in [3.63, 3.8) is 0 Å². The molecule has 0 saturated carbocycles. The van der Waals surface area contributed by atoms with Crippen LogP contribution in [0.25, 0.3) is 10.8 Å². The SMILES string of the molecule is COc1ccc2cc([C@H](C)C(=O)Nc3ccc4c(c3)OCCO4)ccc2c1. The maximum absolute atomic E-state index is 12.7. The summed E-state index contributed by atoms with van der Waals surface area (Å²) in [5.41, 5.74) is 1.66. The first-order chi connectivity index (χ1) is 13.1. The lowest BCUT2D eigenvalue weighted by Crippen LogP contribution is -2.19. The Morgan fingerprint density at radius 2 is 1.70 bits per heavy atom. The Hall–Kier alpha value is -3.21. The van der Waals surface area contributed by atoms with Gasteiger partial charge in [-0.2, -0.15) is 0 Å².